The molecule has 0 aliphatic heterocycles. The van der Waals surface area contributed by atoms with Crippen LogP contribution in [0.3, 0.4) is 0 Å². The second-order valence-electron chi connectivity index (χ2n) is 3.42. The molecule has 1 unspecified atom stereocenters. The number of thiophene rings is 1. The van der Waals surface area contributed by atoms with Gasteiger partial charge in [-0.05, 0) is 47.5 Å². The molecule has 0 radical (unpaired) electrons. The van der Waals surface area contributed by atoms with Crippen LogP contribution in [-0.4, -0.2) is 0 Å². The van der Waals surface area contributed by atoms with Crippen LogP contribution in [0.5, 0.6) is 0 Å². The SMILES string of the molecule is Cc1cc(C(Cl)c2cc(Br)sc2C)co1. The molecule has 2 aromatic rings. The van der Waals surface area contributed by atoms with Gasteiger partial charge in [0.25, 0.3) is 0 Å². The van der Waals surface area contributed by atoms with Crippen LogP contribution in [-0.2, 0) is 0 Å². The largest absolute Gasteiger partial charge is 0.469 e. The molecule has 0 N–H and O–H groups in total. The Balaban J connectivity index is 2.35. The smallest absolute Gasteiger partial charge is 0.101 e. The molecule has 15 heavy (non-hydrogen) atoms. The van der Waals surface area contributed by atoms with E-state index >= 15 is 0 Å². The average Bonchev–Trinajstić information content (AvgIpc) is 2.71. The molecule has 2 rings (SSSR count). The summed E-state index contributed by atoms with van der Waals surface area (Å²) in [5.74, 6) is 0.891. The highest BCUT2D eigenvalue weighted by Gasteiger charge is 2.17. The zero-order valence-corrected chi connectivity index (χ0v) is 11.5. The minimum Gasteiger partial charge on any atom is -0.469 e. The predicted molar refractivity (Wildman–Crippen MR) is 67.9 cm³/mol. The third kappa shape index (κ3) is 2.30. The lowest BCUT2D eigenvalue weighted by Gasteiger charge is -2.05. The Morgan fingerprint density at radius 2 is 2.13 bits per heavy atom. The number of furan rings is 1. The van der Waals surface area contributed by atoms with Gasteiger partial charge < -0.3 is 4.42 Å². The molecule has 0 aliphatic carbocycles. The summed E-state index contributed by atoms with van der Waals surface area (Å²) < 4.78 is 6.37. The fraction of sp³-hybridized carbons (Fsp3) is 0.273. The van der Waals surface area contributed by atoms with Gasteiger partial charge in [-0.2, -0.15) is 0 Å². The van der Waals surface area contributed by atoms with Gasteiger partial charge in [-0.15, -0.1) is 22.9 Å². The maximum atomic E-state index is 6.39. The lowest BCUT2D eigenvalue weighted by molar-refractivity contribution is 0.532. The molecule has 0 aromatic carbocycles. The first-order valence-corrected chi connectivity index (χ1v) is 6.57. The molecule has 1 atom stereocenters. The van der Waals surface area contributed by atoms with Crippen LogP contribution in [0.4, 0.5) is 0 Å². The number of hydrogen-bond acceptors (Lipinski definition) is 2. The van der Waals surface area contributed by atoms with E-state index in [1.807, 2.05) is 13.0 Å². The van der Waals surface area contributed by atoms with Gasteiger partial charge in [0.15, 0.2) is 0 Å². The number of hydrogen-bond donors (Lipinski definition) is 0. The molecule has 0 saturated carbocycles. The van der Waals surface area contributed by atoms with Crippen molar-refractivity contribution in [3.63, 3.8) is 0 Å². The molecule has 1 nitrogen and oxygen atoms in total. The summed E-state index contributed by atoms with van der Waals surface area (Å²) in [6.45, 7) is 4.00. The van der Waals surface area contributed by atoms with Crippen LogP contribution in [0.1, 0.15) is 27.1 Å². The van der Waals surface area contributed by atoms with E-state index in [4.69, 9.17) is 16.0 Å². The Morgan fingerprint density at radius 1 is 1.40 bits per heavy atom. The van der Waals surface area contributed by atoms with Gasteiger partial charge in [0, 0.05) is 10.4 Å². The molecule has 80 valence electrons. The summed E-state index contributed by atoms with van der Waals surface area (Å²) >= 11 is 11.6. The molecule has 0 saturated heterocycles. The molecule has 0 spiro atoms. The van der Waals surface area contributed by atoms with Crippen LogP contribution < -0.4 is 0 Å². The Morgan fingerprint density at radius 3 is 2.60 bits per heavy atom. The Labute approximate surface area is 106 Å². The highest BCUT2D eigenvalue weighted by molar-refractivity contribution is 9.11. The third-order valence-corrected chi connectivity index (χ3v) is 4.30. The van der Waals surface area contributed by atoms with Crippen molar-refractivity contribution >= 4 is 38.9 Å². The normalized spacial score (nSPS) is 13.1. The van der Waals surface area contributed by atoms with Crippen LogP contribution in [0.2, 0.25) is 0 Å². The summed E-state index contributed by atoms with van der Waals surface area (Å²) in [4.78, 5) is 1.24. The highest BCUT2D eigenvalue weighted by atomic mass is 79.9. The second-order valence-corrected chi connectivity index (χ2v) is 6.49. The maximum Gasteiger partial charge on any atom is 0.101 e. The molecule has 2 aromatic heterocycles. The Bertz CT molecular complexity index is 475. The molecule has 0 bridgehead atoms. The van der Waals surface area contributed by atoms with E-state index in [0.29, 0.717) is 0 Å². The molecular weight excluding hydrogens is 296 g/mol. The van der Waals surface area contributed by atoms with Crippen molar-refractivity contribution in [3.05, 3.63) is 43.9 Å². The van der Waals surface area contributed by atoms with Crippen LogP contribution in [0, 0.1) is 13.8 Å². The van der Waals surface area contributed by atoms with Gasteiger partial charge in [0.05, 0.1) is 15.4 Å². The van der Waals surface area contributed by atoms with E-state index in [1.54, 1.807) is 17.6 Å². The molecule has 4 heteroatoms. The quantitative estimate of drug-likeness (QED) is 0.708. The standard InChI is InChI=1S/C11H10BrClOS/c1-6-3-8(5-14-6)11(13)9-4-10(12)15-7(9)2/h3-5,11H,1-2H3. The summed E-state index contributed by atoms with van der Waals surface area (Å²) in [6.07, 6.45) is 1.72. The van der Waals surface area contributed by atoms with E-state index < -0.39 is 0 Å². The highest BCUT2D eigenvalue weighted by Crippen LogP contribution is 2.37. The first-order valence-electron chi connectivity index (χ1n) is 4.53. The van der Waals surface area contributed by atoms with Crippen molar-refractivity contribution < 1.29 is 4.42 Å². The van der Waals surface area contributed by atoms with E-state index in [0.717, 1.165) is 20.7 Å². The average molecular weight is 306 g/mol. The molecule has 0 fully saturated rings. The second kappa shape index (κ2) is 4.32. The topological polar surface area (TPSA) is 13.1 Å². The van der Waals surface area contributed by atoms with E-state index in [-0.39, 0.29) is 5.38 Å². The minimum atomic E-state index is -0.120. The first-order chi connectivity index (χ1) is 7.08. The fourth-order valence-electron chi connectivity index (χ4n) is 1.49. The van der Waals surface area contributed by atoms with Gasteiger partial charge in [0.1, 0.15) is 5.76 Å². The van der Waals surface area contributed by atoms with Gasteiger partial charge in [-0.25, -0.2) is 0 Å². The zero-order valence-electron chi connectivity index (χ0n) is 8.38. The van der Waals surface area contributed by atoms with Crippen LogP contribution in [0.15, 0.2) is 26.6 Å². The number of aryl methyl sites for hydroxylation is 2. The monoisotopic (exact) mass is 304 g/mol. The van der Waals surface area contributed by atoms with Gasteiger partial charge in [0.2, 0.25) is 0 Å². The molecule has 2 heterocycles. The van der Waals surface area contributed by atoms with Crippen molar-refractivity contribution in [2.75, 3.05) is 0 Å². The summed E-state index contributed by atoms with van der Waals surface area (Å²) in [7, 11) is 0. The van der Waals surface area contributed by atoms with Gasteiger partial charge in [-0.3, -0.25) is 0 Å². The molecule has 0 aliphatic rings. The van der Waals surface area contributed by atoms with Crippen molar-refractivity contribution in [3.8, 4) is 0 Å². The van der Waals surface area contributed by atoms with Crippen molar-refractivity contribution in [2.24, 2.45) is 0 Å². The van der Waals surface area contributed by atoms with Crippen LogP contribution in [0.25, 0.3) is 0 Å². The zero-order chi connectivity index (χ0) is 11.0. The van der Waals surface area contributed by atoms with E-state index in [2.05, 4.69) is 28.9 Å². The van der Waals surface area contributed by atoms with E-state index in [1.165, 1.54) is 4.88 Å². The lowest BCUT2D eigenvalue weighted by atomic mass is 10.1. The number of rotatable bonds is 2. The summed E-state index contributed by atoms with van der Waals surface area (Å²) in [5.41, 5.74) is 2.16. The van der Waals surface area contributed by atoms with E-state index in [9.17, 15) is 0 Å². The molecular formula is C11H10BrClOS. The maximum absolute atomic E-state index is 6.39. The van der Waals surface area contributed by atoms with Gasteiger partial charge in [-0.1, -0.05) is 0 Å². The third-order valence-electron chi connectivity index (χ3n) is 2.24. The minimum absolute atomic E-state index is 0.120. The Hall–Kier alpha value is -0.250. The van der Waals surface area contributed by atoms with Crippen molar-refractivity contribution in [1.29, 1.82) is 0 Å². The lowest BCUT2D eigenvalue weighted by Crippen LogP contribution is -1.90. The predicted octanol–water partition coefficient (Wildman–Crippen LogP) is 5.05. The van der Waals surface area contributed by atoms with Crippen LogP contribution >= 0.6 is 38.9 Å². The number of alkyl halides is 1. The Kier molecular flexibility index (Phi) is 3.24. The summed E-state index contributed by atoms with van der Waals surface area (Å²) in [6, 6.07) is 4.04. The first kappa shape index (κ1) is 11.2. The van der Waals surface area contributed by atoms with Crippen molar-refractivity contribution in [2.45, 2.75) is 19.2 Å². The molecule has 0 amide bonds. The number of halogens is 2. The summed E-state index contributed by atoms with van der Waals surface area (Å²) in [5, 5.41) is -0.120. The fourth-order valence-corrected chi connectivity index (χ4v) is 3.64. The van der Waals surface area contributed by atoms with Gasteiger partial charge >= 0.3 is 0 Å². The van der Waals surface area contributed by atoms with Crippen molar-refractivity contribution in [1.82, 2.24) is 0 Å².